The molecule has 0 spiro atoms. The highest BCUT2D eigenvalue weighted by molar-refractivity contribution is 5.76. The van der Waals surface area contributed by atoms with Crippen molar-refractivity contribution in [3.8, 4) is 0 Å². The third-order valence-electron chi connectivity index (χ3n) is 2.66. The highest BCUT2D eigenvalue weighted by atomic mass is 16.6. The van der Waals surface area contributed by atoms with Crippen LogP contribution in [-0.4, -0.2) is 47.3 Å². The lowest BCUT2D eigenvalue weighted by atomic mass is 9.85. The molecule has 0 aromatic heterocycles. The summed E-state index contributed by atoms with van der Waals surface area (Å²) in [6, 6.07) is 0. The van der Waals surface area contributed by atoms with Gasteiger partial charge in [-0.3, -0.25) is 14.4 Å². The number of aldehydes is 1. The number of ether oxygens (including phenoxy) is 2. The van der Waals surface area contributed by atoms with Crippen LogP contribution in [-0.2, 0) is 23.9 Å². The van der Waals surface area contributed by atoms with Gasteiger partial charge in [0.15, 0.2) is 18.1 Å². The Morgan fingerprint density at radius 1 is 1.27 bits per heavy atom. The van der Waals surface area contributed by atoms with Gasteiger partial charge in [-0.05, 0) is 18.0 Å². The van der Waals surface area contributed by atoms with E-state index in [0.717, 1.165) is 20.8 Å². The molecule has 0 aliphatic carbocycles. The normalized spacial score (nSPS) is 16.5. The highest BCUT2D eigenvalue weighted by Gasteiger charge is 2.58. The summed E-state index contributed by atoms with van der Waals surface area (Å²) in [5.41, 5.74) is 12.3. The molecule has 0 fully saturated rings. The molecule has 0 heterocycles. The second-order valence-corrected chi connectivity index (χ2v) is 4.18. The zero-order chi connectivity index (χ0) is 17.4. The predicted octanol–water partition coefficient (Wildman–Crippen LogP) is 0.748. The van der Waals surface area contributed by atoms with Crippen LogP contribution in [0.2, 0.25) is 0 Å². The number of carbonyl (C=O) groups is 3. The smallest absolute Gasteiger partial charge is 0.303 e. The SMILES string of the molecule is CC(=O)OC(CO)C(C=O)(OC(C)=O)C(C)(N=[N+]=[N-])N=[N+]=[N-]. The zero-order valence-electron chi connectivity index (χ0n) is 12.0. The molecule has 12 nitrogen and oxygen atoms in total. The average molecular weight is 314 g/mol. The Bertz CT molecular complexity index is 534. The maximum Gasteiger partial charge on any atom is 0.303 e. The molecule has 0 radical (unpaired) electrons. The highest BCUT2D eigenvalue weighted by Crippen LogP contribution is 2.35. The quantitative estimate of drug-likeness (QED) is 0.226. The van der Waals surface area contributed by atoms with Crippen molar-refractivity contribution in [1.29, 1.82) is 0 Å². The molecule has 0 aliphatic heterocycles. The molecule has 0 amide bonds. The van der Waals surface area contributed by atoms with Gasteiger partial charge in [-0.25, -0.2) is 0 Å². The molecule has 2 atom stereocenters. The van der Waals surface area contributed by atoms with Crippen molar-refractivity contribution < 1.29 is 29.0 Å². The summed E-state index contributed by atoms with van der Waals surface area (Å²) in [5.74, 6) is -1.94. The maximum atomic E-state index is 11.6. The number of hydrogen-bond donors (Lipinski definition) is 1. The molecule has 0 bridgehead atoms. The van der Waals surface area contributed by atoms with Crippen LogP contribution in [0.3, 0.4) is 0 Å². The molecule has 22 heavy (non-hydrogen) atoms. The number of esters is 2. The van der Waals surface area contributed by atoms with Gasteiger partial charge in [-0.15, -0.1) is 0 Å². The molecule has 0 saturated heterocycles. The van der Waals surface area contributed by atoms with Gasteiger partial charge < -0.3 is 14.6 Å². The van der Waals surface area contributed by atoms with Crippen LogP contribution >= 0.6 is 0 Å². The number of azide groups is 1. The number of aliphatic hydroxyl groups excluding tert-OH is 1. The summed E-state index contributed by atoms with van der Waals surface area (Å²) in [5, 5.41) is 15.7. The van der Waals surface area contributed by atoms with Crippen molar-refractivity contribution in [1.82, 2.24) is 0 Å². The first-order valence-electron chi connectivity index (χ1n) is 5.79. The minimum atomic E-state index is -2.54. The van der Waals surface area contributed by atoms with Crippen LogP contribution in [0.5, 0.6) is 0 Å². The Labute approximate surface area is 124 Å². The molecule has 0 saturated carbocycles. The van der Waals surface area contributed by atoms with E-state index in [1.807, 2.05) is 0 Å². The van der Waals surface area contributed by atoms with Gasteiger partial charge in [0.25, 0.3) is 0 Å². The van der Waals surface area contributed by atoms with E-state index in [9.17, 15) is 19.5 Å². The van der Waals surface area contributed by atoms with Crippen LogP contribution in [0, 0.1) is 0 Å². The van der Waals surface area contributed by atoms with Crippen LogP contribution in [0.1, 0.15) is 20.8 Å². The third kappa shape index (κ3) is 3.85. The van der Waals surface area contributed by atoms with Gasteiger partial charge in [0.1, 0.15) is 0 Å². The Morgan fingerprint density at radius 3 is 2.05 bits per heavy atom. The van der Waals surface area contributed by atoms with Gasteiger partial charge in [0, 0.05) is 23.7 Å². The van der Waals surface area contributed by atoms with E-state index in [2.05, 4.69) is 20.1 Å². The van der Waals surface area contributed by atoms with Crippen molar-refractivity contribution in [3.05, 3.63) is 20.9 Å². The van der Waals surface area contributed by atoms with E-state index in [1.165, 1.54) is 0 Å². The van der Waals surface area contributed by atoms with Crippen LogP contribution in [0.25, 0.3) is 20.9 Å². The number of hydrogen-bond acceptors (Lipinski definition) is 8. The Kier molecular flexibility index (Phi) is 6.84. The lowest BCUT2D eigenvalue weighted by Crippen LogP contribution is -2.63. The van der Waals surface area contributed by atoms with Crippen molar-refractivity contribution in [3.63, 3.8) is 0 Å². The molecular formula is C10H14N6O6. The van der Waals surface area contributed by atoms with Crippen LogP contribution in [0.4, 0.5) is 0 Å². The first kappa shape index (κ1) is 19.2. The maximum absolute atomic E-state index is 11.6. The Balaban J connectivity index is 6.43. The lowest BCUT2D eigenvalue weighted by molar-refractivity contribution is -0.197. The van der Waals surface area contributed by atoms with Crippen LogP contribution in [0.15, 0.2) is 10.2 Å². The van der Waals surface area contributed by atoms with E-state index >= 15 is 0 Å². The number of rotatable bonds is 8. The molecule has 0 rings (SSSR count). The minimum absolute atomic E-state index is 0.0262. The molecule has 0 aliphatic rings. The van der Waals surface area contributed by atoms with Crippen molar-refractivity contribution in [2.75, 3.05) is 6.61 Å². The average Bonchev–Trinajstić information content (AvgIpc) is 2.42. The largest absolute Gasteiger partial charge is 0.455 e. The fourth-order valence-electron chi connectivity index (χ4n) is 1.73. The summed E-state index contributed by atoms with van der Waals surface area (Å²) in [7, 11) is 0. The van der Waals surface area contributed by atoms with Gasteiger partial charge in [-0.2, -0.15) is 0 Å². The molecule has 0 aromatic rings. The summed E-state index contributed by atoms with van der Waals surface area (Å²) in [6.07, 6.45) is -1.78. The van der Waals surface area contributed by atoms with Crippen molar-refractivity contribution in [2.45, 2.75) is 38.1 Å². The van der Waals surface area contributed by atoms with E-state index in [4.69, 9.17) is 20.5 Å². The second-order valence-electron chi connectivity index (χ2n) is 4.18. The van der Waals surface area contributed by atoms with Crippen molar-refractivity contribution in [2.24, 2.45) is 10.2 Å². The van der Waals surface area contributed by atoms with Gasteiger partial charge >= 0.3 is 11.9 Å². The minimum Gasteiger partial charge on any atom is -0.455 e. The number of aliphatic hydroxyl groups is 1. The van der Waals surface area contributed by atoms with E-state index in [0.29, 0.717) is 0 Å². The standard InChI is InChI=1S/C10H14N6O6/c1-6(19)21-8(4-17)10(5-18,22-7(2)20)9(3,13-15-11)14-16-12/h5,8,17H,4H2,1-3H3. The molecule has 0 aromatic carbocycles. The summed E-state index contributed by atoms with van der Waals surface area (Å²) >= 11 is 0. The van der Waals surface area contributed by atoms with Gasteiger partial charge in [0.05, 0.1) is 6.61 Å². The summed E-state index contributed by atoms with van der Waals surface area (Å²) < 4.78 is 9.57. The molecule has 12 heteroatoms. The topological polar surface area (TPSA) is 187 Å². The van der Waals surface area contributed by atoms with E-state index in [-0.39, 0.29) is 6.29 Å². The number of carbonyl (C=O) groups excluding carboxylic acids is 3. The first-order valence-corrected chi connectivity index (χ1v) is 5.79. The summed E-state index contributed by atoms with van der Waals surface area (Å²) in [6.45, 7) is 1.91. The molecule has 2 unspecified atom stereocenters. The molecule has 120 valence electrons. The van der Waals surface area contributed by atoms with Gasteiger partial charge in [0.2, 0.25) is 5.60 Å². The predicted molar refractivity (Wildman–Crippen MR) is 69.9 cm³/mol. The van der Waals surface area contributed by atoms with Crippen molar-refractivity contribution >= 4 is 18.2 Å². The third-order valence-corrected chi connectivity index (χ3v) is 2.66. The van der Waals surface area contributed by atoms with E-state index in [1.54, 1.807) is 0 Å². The first-order chi connectivity index (χ1) is 10.2. The van der Waals surface area contributed by atoms with Crippen LogP contribution < -0.4 is 0 Å². The fraction of sp³-hybridized carbons (Fsp3) is 0.700. The fourth-order valence-corrected chi connectivity index (χ4v) is 1.73. The second kappa shape index (κ2) is 7.84. The number of nitrogens with zero attached hydrogens (tertiary/aromatic N) is 6. The summed E-state index contributed by atoms with van der Waals surface area (Å²) in [4.78, 5) is 38.9. The van der Waals surface area contributed by atoms with E-state index < -0.39 is 35.9 Å². The Morgan fingerprint density at radius 2 is 1.77 bits per heavy atom. The Hall–Kier alpha value is -2.81. The molecular weight excluding hydrogens is 300 g/mol. The van der Waals surface area contributed by atoms with Gasteiger partial charge in [-0.1, -0.05) is 10.2 Å². The lowest BCUT2D eigenvalue weighted by Gasteiger charge is -2.41. The zero-order valence-corrected chi connectivity index (χ0v) is 12.0. The molecule has 1 N–H and O–H groups in total. The monoisotopic (exact) mass is 314 g/mol.